The van der Waals surface area contributed by atoms with Crippen LogP contribution in [-0.4, -0.2) is 33.7 Å². The number of anilines is 1. The van der Waals surface area contributed by atoms with Crippen molar-refractivity contribution in [2.24, 2.45) is 0 Å². The molecular weight excluding hydrogens is 530 g/mol. The fourth-order valence-electron chi connectivity index (χ4n) is 4.86. The summed E-state index contributed by atoms with van der Waals surface area (Å²) in [6, 6.07) is 24.9. The Morgan fingerprint density at radius 1 is 0.730 bits per heavy atom. The zero-order chi connectivity index (χ0) is 26.3. The van der Waals surface area contributed by atoms with Crippen LogP contribution in [0.25, 0.3) is 11.4 Å². The minimum absolute atomic E-state index is 0.187. The lowest BCUT2D eigenvalue weighted by Crippen LogP contribution is -2.25. The van der Waals surface area contributed by atoms with Gasteiger partial charge in [0.1, 0.15) is 0 Å². The molecule has 0 aliphatic carbocycles. The molecule has 2 N–H and O–H groups in total. The lowest BCUT2D eigenvalue weighted by molar-refractivity contribution is 0.830. The average Bonchev–Trinajstić information content (AvgIpc) is 3.35. The Hall–Kier alpha value is -4.04. The van der Waals surface area contributed by atoms with Crippen LogP contribution in [-0.2, 0) is 0 Å². The minimum Gasteiger partial charge on any atom is -0.377 e. The molecule has 3 aromatic carbocycles. The molecule has 0 bridgehead atoms. The summed E-state index contributed by atoms with van der Waals surface area (Å²) in [5.74, 6) is -0.588. The predicted molar refractivity (Wildman–Crippen MR) is 152 cm³/mol. The minimum atomic E-state index is -0.588. The molecular formula is C29H28BrN5O2. The van der Waals surface area contributed by atoms with E-state index in [1.165, 1.54) is 0 Å². The molecule has 5 rings (SSSR count). The van der Waals surface area contributed by atoms with Gasteiger partial charge in [-0.1, -0.05) is 42.5 Å². The molecule has 7 nitrogen and oxygen atoms in total. The van der Waals surface area contributed by atoms with Gasteiger partial charge in [-0.25, -0.2) is 9.36 Å². The average molecular weight is 558 g/mol. The first-order valence-electron chi connectivity index (χ1n) is 12.0. The van der Waals surface area contributed by atoms with E-state index < -0.39 is 5.92 Å². The molecule has 188 valence electrons. The summed E-state index contributed by atoms with van der Waals surface area (Å²) >= 11 is 3.70. The number of rotatable bonds is 6. The topological polar surface area (TPSA) is 78.8 Å². The van der Waals surface area contributed by atoms with Gasteiger partial charge in [-0.15, -0.1) is 0 Å². The summed E-state index contributed by atoms with van der Waals surface area (Å²) in [6.45, 7) is 3.76. The van der Waals surface area contributed by atoms with E-state index in [0.717, 1.165) is 27.1 Å². The zero-order valence-corrected chi connectivity index (χ0v) is 22.7. The Labute approximate surface area is 223 Å². The fourth-order valence-corrected chi connectivity index (χ4v) is 5.61. The summed E-state index contributed by atoms with van der Waals surface area (Å²) in [6.07, 6.45) is 0. The van der Waals surface area contributed by atoms with E-state index in [0.29, 0.717) is 22.5 Å². The van der Waals surface area contributed by atoms with Crippen molar-refractivity contribution >= 4 is 21.6 Å². The number of benzene rings is 3. The Balaban J connectivity index is 1.78. The van der Waals surface area contributed by atoms with Gasteiger partial charge in [-0.2, -0.15) is 0 Å². The molecule has 0 saturated carbocycles. The molecule has 0 unspecified atom stereocenters. The molecule has 2 aromatic heterocycles. The summed E-state index contributed by atoms with van der Waals surface area (Å²) in [5.41, 5.74) is 5.42. The molecule has 0 atom stereocenters. The van der Waals surface area contributed by atoms with Crippen LogP contribution in [0, 0.1) is 13.8 Å². The van der Waals surface area contributed by atoms with Crippen molar-refractivity contribution in [3.05, 3.63) is 132 Å². The molecule has 2 heterocycles. The zero-order valence-electron chi connectivity index (χ0n) is 21.1. The van der Waals surface area contributed by atoms with Crippen LogP contribution in [0.4, 0.5) is 5.69 Å². The van der Waals surface area contributed by atoms with Gasteiger partial charge in [-0.3, -0.25) is 19.8 Å². The highest BCUT2D eigenvalue weighted by atomic mass is 79.9. The second kappa shape index (κ2) is 9.78. The Bertz CT molecular complexity index is 1580. The highest BCUT2D eigenvalue weighted by Crippen LogP contribution is 2.36. The maximum Gasteiger partial charge on any atom is 0.275 e. The first-order chi connectivity index (χ1) is 17.8. The summed E-state index contributed by atoms with van der Waals surface area (Å²) in [7, 11) is 3.95. The number of hydrogen-bond donors (Lipinski definition) is 2. The van der Waals surface area contributed by atoms with Crippen molar-refractivity contribution < 1.29 is 0 Å². The van der Waals surface area contributed by atoms with Gasteiger partial charge in [0.15, 0.2) is 0 Å². The largest absolute Gasteiger partial charge is 0.377 e. The number of aromatic nitrogens is 4. The standard InChI is InChI=1S/C29H28BrN5O2/c1-18-25(28(36)34(31-18)21-11-7-5-8-12-21)27(20-15-16-24(33(3)4)23(30)17-20)26-19(2)32-35(29(26)37)22-13-9-6-10-14-22/h5-17,27,31-32H,1-4H3. The lowest BCUT2D eigenvalue weighted by Gasteiger charge is -2.20. The van der Waals surface area contributed by atoms with Gasteiger partial charge in [0, 0.05) is 35.9 Å². The van der Waals surface area contributed by atoms with E-state index in [4.69, 9.17) is 0 Å². The van der Waals surface area contributed by atoms with E-state index in [1.54, 1.807) is 9.36 Å². The number of hydrogen-bond acceptors (Lipinski definition) is 3. The molecule has 0 aliphatic heterocycles. The van der Waals surface area contributed by atoms with Crippen LogP contribution < -0.4 is 16.0 Å². The van der Waals surface area contributed by atoms with Crippen LogP contribution in [0.5, 0.6) is 0 Å². The number of aromatic amines is 2. The molecule has 0 saturated heterocycles. The van der Waals surface area contributed by atoms with Crippen molar-refractivity contribution in [2.75, 3.05) is 19.0 Å². The van der Waals surface area contributed by atoms with Gasteiger partial charge in [-0.05, 0) is 71.7 Å². The molecule has 0 amide bonds. The molecule has 0 radical (unpaired) electrons. The lowest BCUT2D eigenvalue weighted by atomic mass is 9.85. The van der Waals surface area contributed by atoms with Crippen LogP contribution >= 0.6 is 15.9 Å². The van der Waals surface area contributed by atoms with Crippen LogP contribution in [0.15, 0.2) is 92.9 Å². The van der Waals surface area contributed by atoms with Crippen molar-refractivity contribution in [1.29, 1.82) is 0 Å². The number of H-pyrrole nitrogens is 2. The van der Waals surface area contributed by atoms with Crippen molar-refractivity contribution in [2.45, 2.75) is 19.8 Å². The normalized spacial score (nSPS) is 11.3. The second-order valence-electron chi connectivity index (χ2n) is 9.29. The first kappa shape index (κ1) is 24.6. The van der Waals surface area contributed by atoms with E-state index in [1.807, 2.05) is 112 Å². The third-order valence-corrected chi connectivity index (χ3v) is 7.26. The Kier molecular flexibility index (Phi) is 6.52. The first-order valence-corrected chi connectivity index (χ1v) is 12.8. The van der Waals surface area contributed by atoms with E-state index in [2.05, 4.69) is 26.1 Å². The number of nitrogens with one attached hydrogen (secondary N) is 2. The molecule has 0 fully saturated rings. The van der Waals surface area contributed by atoms with Gasteiger partial charge >= 0.3 is 0 Å². The van der Waals surface area contributed by atoms with E-state index in [9.17, 15) is 9.59 Å². The molecule has 5 aromatic rings. The Morgan fingerprint density at radius 2 is 1.19 bits per heavy atom. The maximum absolute atomic E-state index is 13.9. The van der Waals surface area contributed by atoms with Gasteiger partial charge in [0.25, 0.3) is 11.1 Å². The summed E-state index contributed by atoms with van der Waals surface area (Å²) in [5, 5.41) is 6.47. The van der Waals surface area contributed by atoms with Crippen LogP contribution in [0.3, 0.4) is 0 Å². The van der Waals surface area contributed by atoms with Crippen LogP contribution in [0.1, 0.15) is 34.0 Å². The number of para-hydroxylation sites is 2. The highest BCUT2D eigenvalue weighted by molar-refractivity contribution is 9.10. The number of aryl methyl sites for hydroxylation is 2. The molecule has 0 aliphatic rings. The SMILES string of the molecule is Cc1[nH]n(-c2ccccc2)c(=O)c1C(c1ccc(N(C)C)c(Br)c1)c1c(C)[nH]n(-c2ccccc2)c1=O. The quantitative estimate of drug-likeness (QED) is 0.298. The molecule has 0 spiro atoms. The number of nitrogens with zero attached hydrogens (tertiary/aromatic N) is 3. The van der Waals surface area contributed by atoms with Crippen molar-refractivity contribution in [1.82, 2.24) is 19.6 Å². The van der Waals surface area contributed by atoms with E-state index in [-0.39, 0.29) is 11.1 Å². The third-order valence-electron chi connectivity index (χ3n) is 6.63. The Morgan fingerprint density at radius 3 is 1.59 bits per heavy atom. The second-order valence-corrected chi connectivity index (χ2v) is 10.1. The van der Waals surface area contributed by atoms with Crippen molar-refractivity contribution in [3.8, 4) is 11.4 Å². The van der Waals surface area contributed by atoms with E-state index >= 15 is 0 Å². The van der Waals surface area contributed by atoms with Gasteiger partial charge in [0.05, 0.1) is 28.2 Å². The highest BCUT2D eigenvalue weighted by Gasteiger charge is 2.31. The summed E-state index contributed by atoms with van der Waals surface area (Å²) in [4.78, 5) is 29.9. The summed E-state index contributed by atoms with van der Waals surface area (Å²) < 4.78 is 3.96. The number of halogens is 1. The van der Waals surface area contributed by atoms with Gasteiger partial charge in [0.2, 0.25) is 0 Å². The monoisotopic (exact) mass is 557 g/mol. The predicted octanol–water partition coefficient (Wildman–Crippen LogP) is 5.27. The molecule has 8 heteroatoms. The molecule has 37 heavy (non-hydrogen) atoms. The fraction of sp³-hybridized carbons (Fsp3) is 0.172. The smallest absolute Gasteiger partial charge is 0.275 e. The van der Waals surface area contributed by atoms with Crippen molar-refractivity contribution in [3.63, 3.8) is 0 Å². The maximum atomic E-state index is 13.9. The third kappa shape index (κ3) is 4.38. The van der Waals surface area contributed by atoms with Crippen LogP contribution in [0.2, 0.25) is 0 Å². The van der Waals surface area contributed by atoms with Gasteiger partial charge < -0.3 is 4.90 Å².